The van der Waals surface area contributed by atoms with Crippen LogP contribution in [0.25, 0.3) is 0 Å². The lowest BCUT2D eigenvalue weighted by atomic mass is 9.82. The molecule has 0 amide bonds. The molecule has 0 spiro atoms. The molecule has 0 aliphatic heterocycles. The second-order valence-corrected chi connectivity index (χ2v) is 5.45. The van der Waals surface area contributed by atoms with Crippen molar-refractivity contribution >= 4 is 0 Å². The zero-order valence-corrected chi connectivity index (χ0v) is 11.0. The van der Waals surface area contributed by atoms with Gasteiger partial charge in [-0.2, -0.15) is 0 Å². The van der Waals surface area contributed by atoms with Crippen LogP contribution in [-0.2, 0) is 4.74 Å². The van der Waals surface area contributed by atoms with Crippen LogP contribution in [-0.4, -0.2) is 25.8 Å². The fourth-order valence-corrected chi connectivity index (χ4v) is 1.91. The van der Waals surface area contributed by atoms with Crippen LogP contribution >= 0.6 is 0 Å². The van der Waals surface area contributed by atoms with E-state index in [1.807, 2.05) is 12.2 Å². The summed E-state index contributed by atoms with van der Waals surface area (Å²) in [5.41, 5.74) is 4.69. The van der Waals surface area contributed by atoms with Gasteiger partial charge in [0.05, 0.1) is 6.61 Å². The highest BCUT2D eigenvalue weighted by molar-refractivity contribution is 5.34. The largest absolute Gasteiger partial charge is 0.383 e. The second-order valence-electron chi connectivity index (χ2n) is 5.45. The zero-order valence-electron chi connectivity index (χ0n) is 11.0. The van der Waals surface area contributed by atoms with Crippen molar-refractivity contribution in [3.8, 4) is 0 Å². The van der Waals surface area contributed by atoms with Crippen LogP contribution in [0.2, 0.25) is 0 Å². The van der Waals surface area contributed by atoms with Gasteiger partial charge in [-0.15, -0.1) is 5.73 Å². The van der Waals surface area contributed by atoms with Crippen LogP contribution in [0, 0.1) is 5.41 Å². The van der Waals surface area contributed by atoms with Gasteiger partial charge in [-0.1, -0.05) is 26.8 Å². The Balaban J connectivity index is 2.73. The van der Waals surface area contributed by atoms with Gasteiger partial charge in [-0.3, -0.25) is 0 Å². The molecule has 2 heteroatoms. The number of nitrogens with one attached hydrogen (secondary N) is 1. The molecular formula is C14H23NO. The van der Waals surface area contributed by atoms with Crippen LogP contribution in [0.1, 0.15) is 27.7 Å². The summed E-state index contributed by atoms with van der Waals surface area (Å²) in [6.45, 7) is 9.60. The molecule has 2 atom stereocenters. The average Bonchev–Trinajstić information content (AvgIpc) is 2.65. The molecule has 0 aromatic carbocycles. The predicted molar refractivity (Wildman–Crippen MR) is 68.5 cm³/mol. The zero-order chi connectivity index (χ0) is 12.2. The Morgan fingerprint density at radius 2 is 2.12 bits per heavy atom. The van der Waals surface area contributed by atoms with Crippen molar-refractivity contribution in [3.05, 3.63) is 29.5 Å². The SMILES string of the molecule is COC[C@H](C)NC(C1=C=CC=C1)C(C)(C)C. The highest BCUT2D eigenvalue weighted by Gasteiger charge is 2.28. The molecule has 16 heavy (non-hydrogen) atoms. The Hall–Kier alpha value is -0.820. The number of hydrogen-bond donors (Lipinski definition) is 1. The van der Waals surface area contributed by atoms with Crippen molar-refractivity contribution < 1.29 is 4.74 Å². The molecule has 0 aromatic heterocycles. The minimum atomic E-state index is 0.173. The van der Waals surface area contributed by atoms with Crippen LogP contribution < -0.4 is 5.32 Å². The molecule has 0 saturated heterocycles. The average molecular weight is 221 g/mol. The fourth-order valence-electron chi connectivity index (χ4n) is 1.91. The molecule has 0 heterocycles. The van der Waals surface area contributed by atoms with Crippen LogP contribution in [0.4, 0.5) is 0 Å². The second kappa shape index (κ2) is 5.49. The van der Waals surface area contributed by atoms with Crippen molar-refractivity contribution in [1.29, 1.82) is 0 Å². The van der Waals surface area contributed by atoms with E-state index >= 15 is 0 Å². The highest BCUT2D eigenvalue weighted by Crippen LogP contribution is 2.27. The topological polar surface area (TPSA) is 21.3 Å². The number of rotatable bonds is 5. The van der Waals surface area contributed by atoms with Gasteiger partial charge in [0, 0.05) is 24.8 Å². The van der Waals surface area contributed by atoms with Crippen molar-refractivity contribution in [1.82, 2.24) is 5.32 Å². The molecule has 1 N–H and O–H groups in total. The van der Waals surface area contributed by atoms with E-state index in [1.165, 1.54) is 5.57 Å². The summed E-state index contributed by atoms with van der Waals surface area (Å²) in [6.07, 6.45) is 6.13. The third kappa shape index (κ3) is 3.64. The number of methoxy groups -OCH3 is 1. The minimum absolute atomic E-state index is 0.173. The monoisotopic (exact) mass is 221 g/mol. The summed E-state index contributed by atoms with van der Waals surface area (Å²) in [7, 11) is 1.74. The Morgan fingerprint density at radius 3 is 2.56 bits per heavy atom. The summed E-state index contributed by atoms with van der Waals surface area (Å²) in [5, 5.41) is 3.60. The van der Waals surface area contributed by atoms with Gasteiger partial charge in [0.25, 0.3) is 0 Å². The summed E-state index contributed by atoms with van der Waals surface area (Å²) in [4.78, 5) is 0. The number of ether oxygens (including phenoxy) is 1. The first-order valence-electron chi connectivity index (χ1n) is 5.83. The molecule has 1 aliphatic carbocycles. The summed E-state index contributed by atoms with van der Waals surface area (Å²) in [6, 6.07) is 0.658. The first kappa shape index (κ1) is 13.2. The Morgan fingerprint density at radius 1 is 1.44 bits per heavy atom. The first-order valence-corrected chi connectivity index (χ1v) is 5.83. The highest BCUT2D eigenvalue weighted by atomic mass is 16.5. The van der Waals surface area contributed by atoms with Gasteiger partial charge >= 0.3 is 0 Å². The molecule has 1 aliphatic rings. The Kier molecular flexibility index (Phi) is 4.55. The van der Waals surface area contributed by atoms with E-state index in [0.717, 1.165) is 6.61 Å². The minimum Gasteiger partial charge on any atom is -0.383 e. The van der Waals surface area contributed by atoms with Crippen molar-refractivity contribution in [3.63, 3.8) is 0 Å². The van der Waals surface area contributed by atoms with E-state index in [-0.39, 0.29) is 5.41 Å². The Bertz CT molecular complexity index is 316. The Labute approximate surface area is 99.1 Å². The molecule has 1 rings (SSSR count). The standard InChI is InChI=1S/C14H23NO/c1-11(10-16-5)15-13(14(2,3)4)12-8-6-7-9-12/h6-8,11,13,15H,10H2,1-5H3/t11-,13?/m0/s1. The normalized spacial score (nSPS) is 18.7. The van der Waals surface area contributed by atoms with Crippen molar-refractivity contribution in [2.24, 2.45) is 5.41 Å². The lowest BCUT2D eigenvalue weighted by Gasteiger charge is -2.34. The molecule has 0 bridgehead atoms. The van der Waals surface area contributed by atoms with Crippen molar-refractivity contribution in [2.75, 3.05) is 13.7 Å². The van der Waals surface area contributed by atoms with E-state index in [0.29, 0.717) is 12.1 Å². The molecule has 90 valence electrons. The van der Waals surface area contributed by atoms with Crippen LogP contribution in [0.15, 0.2) is 29.5 Å². The van der Waals surface area contributed by atoms with E-state index in [9.17, 15) is 0 Å². The first-order chi connectivity index (χ1) is 7.45. The number of allylic oxidation sites excluding steroid dienone is 1. The van der Waals surface area contributed by atoms with E-state index in [2.05, 4.69) is 44.8 Å². The van der Waals surface area contributed by atoms with Gasteiger partial charge in [-0.05, 0) is 24.5 Å². The van der Waals surface area contributed by atoms with E-state index in [1.54, 1.807) is 7.11 Å². The fraction of sp³-hybridized carbons (Fsp3) is 0.643. The quantitative estimate of drug-likeness (QED) is 0.721. The molecular weight excluding hydrogens is 198 g/mol. The molecule has 2 nitrogen and oxygen atoms in total. The lowest BCUT2D eigenvalue weighted by Crippen LogP contribution is -2.47. The van der Waals surface area contributed by atoms with Crippen LogP contribution in [0.5, 0.6) is 0 Å². The maximum Gasteiger partial charge on any atom is 0.0613 e. The van der Waals surface area contributed by atoms with Gasteiger partial charge < -0.3 is 10.1 Å². The van der Waals surface area contributed by atoms with Crippen LogP contribution in [0.3, 0.4) is 0 Å². The summed E-state index contributed by atoms with van der Waals surface area (Å²) >= 11 is 0. The van der Waals surface area contributed by atoms with E-state index < -0.39 is 0 Å². The van der Waals surface area contributed by atoms with E-state index in [4.69, 9.17) is 4.74 Å². The summed E-state index contributed by atoms with van der Waals surface area (Å²) < 4.78 is 5.16. The van der Waals surface area contributed by atoms with Gasteiger partial charge in [-0.25, -0.2) is 0 Å². The van der Waals surface area contributed by atoms with Crippen molar-refractivity contribution in [2.45, 2.75) is 39.8 Å². The number of hydrogen-bond acceptors (Lipinski definition) is 2. The molecule has 0 radical (unpaired) electrons. The lowest BCUT2D eigenvalue weighted by molar-refractivity contribution is 0.157. The summed E-state index contributed by atoms with van der Waals surface area (Å²) in [5.74, 6) is 0. The molecule has 0 fully saturated rings. The maximum absolute atomic E-state index is 5.16. The molecule has 0 aromatic rings. The maximum atomic E-state index is 5.16. The van der Waals surface area contributed by atoms with Gasteiger partial charge in [0.15, 0.2) is 0 Å². The third-order valence-electron chi connectivity index (χ3n) is 2.67. The van der Waals surface area contributed by atoms with Gasteiger partial charge in [0.1, 0.15) is 0 Å². The van der Waals surface area contributed by atoms with Gasteiger partial charge in [0.2, 0.25) is 0 Å². The molecule has 1 unspecified atom stereocenters. The predicted octanol–water partition coefficient (Wildman–Crippen LogP) is 2.68. The third-order valence-corrected chi connectivity index (χ3v) is 2.67. The smallest absolute Gasteiger partial charge is 0.0613 e. The molecule has 0 saturated carbocycles.